The van der Waals surface area contributed by atoms with Crippen molar-refractivity contribution in [3.63, 3.8) is 0 Å². The number of fused-ring (bicyclic) bond motifs is 1. The second kappa shape index (κ2) is 6.87. The van der Waals surface area contributed by atoms with Crippen LogP contribution in [0.25, 0.3) is 10.9 Å². The van der Waals surface area contributed by atoms with Crippen LogP contribution in [0.5, 0.6) is 5.75 Å². The van der Waals surface area contributed by atoms with Crippen LogP contribution in [0.3, 0.4) is 0 Å². The molecule has 23 heavy (non-hydrogen) atoms. The van der Waals surface area contributed by atoms with Crippen molar-refractivity contribution in [1.82, 2.24) is 10.3 Å². The summed E-state index contributed by atoms with van der Waals surface area (Å²) in [5.41, 5.74) is 1.20. The van der Waals surface area contributed by atoms with Gasteiger partial charge in [0, 0.05) is 17.1 Å². The van der Waals surface area contributed by atoms with E-state index in [1.54, 1.807) is 12.3 Å². The molecule has 0 spiro atoms. The summed E-state index contributed by atoms with van der Waals surface area (Å²) < 4.78 is 18.7. The molecule has 0 aliphatic rings. The molecule has 0 atom stereocenters. The molecule has 116 valence electrons. The first-order valence-electron chi connectivity index (χ1n) is 7.24. The van der Waals surface area contributed by atoms with E-state index in [1.807, 2.05) is 30.3 Å². The van der Waals surface area contributed by atoms with Gasteiger partial charge in [-0.1, -0.05) is 12.1 Å². The van der Waals surface area contributed by atoms with Crippen LogP contribution in [-0.4, -0.2) is 24.0 Å². The average molecular weight is 310 g/mol. The van der Waals surface area contributed by atoms with Crippen LogP contribution in [0.15, 0.2) is 60.8 Å². The molecule has 1 aromatic heterocycles. The van der Waals surface area contributed by atoms with Crippen molar-refractivity contribution >= 4 is 16.8 Å². The molecule has 3 aromatic rings. The van der Waals surface area contributed by atoms with Gasteiger partial charge >= 0.3 is 0 Å². The van der Waals surface area contributed by atoms with E-state index in [0.717, 1.165) is 10.9 Å². The summed E-state index contributed by atoms with van der Waals surface area (Å²) in [6.45, 7) is 0.660. The highest BCUT2D eigenvalue weighted by Crippen LogP contribution is 2.18. The Morgan fingerprint density at radius 1 is 1.13 bits per heavy atom. The molecule has 0 unspecified atom stereocenters. The molecule has 1 N–H and O–H groups in total. The molecule has 2 aromatic carbocycles. The van der Waals surface area contributed by atoms with Gasteiger partial charge in [0.05, 0.1) is 12.1 Å². The number of hydrogen-bond donors (Lipinski definition) is 1. The van der Waals surface area contributed by atoms with Crippen LogP contribution >= 0.6 is 0 Å². The second-order valence-electron chi connectivity index (χ2n) is 4.97. The molecule has 0 fully saturated rings. The summed E-state index contributed by atoms with van der Waals surface area (Å²) in [5.74, 6) is -0.0417. The lowest BCUT2D eigenvalue weighted by Gasteiger charge is -2.08. The van der Waals surface area contributed by atoms with Gasteiger partial charge in [0.2, 0.25) is 0 Å². The van der Waals surface area contributed by atoms with Crippen molar-refractivity contribution in [2.75, 3.05) is 13.2 Å². The van der Waals surface area contributed by atoms with E-state index in [0.29, 0.717) is 24.5 Å². The molecule has 5 heteroatoms. The lowest BCUT2D eigenvalue weighted by Crippen LogP contribution is -2.28. The third kappa shape index (κ3) is 3.83. The van der Waals surface area contributed by atoms with Gasteiger partial charge in [0.25, 0.3) is 5.91 Å². The van der Waals surface area contributed by atoms with Crippen LogP contribution in [-0.2, 0) is 0 Å². The van der Waals surface area contributed by atoms with E-state index >= 15 is 0 Å². The van der Waals surface area contributed by atoms with Gasteiger partial charge in [-0.15, -0.1) is 0 Å². The van der Waals surface area contributed by atoms with Crippen molar-refractivity contribution in [1.29, 1.82) is 0 Å². The maximum atomic E-state index is 13.1. The van der Waals surface area contributed by atoms with Crippen LogP contribution in [0.4, 0.5) is 4.39 Å². The number of ether oxygens (including phenoxy) is 1. The molecule has 1 amide bonds. The lowest BCUT2D eigenvalue weighted by molar-refractivity contribution is 0.0946. The Morgan fingerprint density at radius 3 is 2.91 bits per heavy atom. The van der Waals surface area contributed by atoms with E-state index in [-0.39, 0.29) is 5.91 Å². The molecule has 0 saturated carbocycles. The van der Waals surface area contributed by atoms with Crippen LogP contribution in [0.2, 0.25) is 0 Å². The number of benzene rings is 2. The number of pyridine rings is 1. The predicted octanol–water partition coefficient (Wildman–Crippen LogP) is 3.18. The number of aromatic nitrogens is 1. The monoisotopic (exact) mass is 310 g/mol. The van der Waals surface area contributed by atoms with Crippen LogP contribution in [0.1, 0.15) is 10.4 Å². The quantitative estimate of drug-likeness (QED) is 0.736. The summed E-state index contributed by atoms with van der Waals surface area (Å²) in [5, 5.41) is 3.68. The first-order valence-corrected chi connectivity index (χ1v) is 7.24. The number of amides is 1. The molecule has 3 rings (SSSR count). The Balaban J connectivity index is 1.51. The van der Waals surface area contributed by atoms with Gasteiger partial charge in [-0.2, -0.15) is 0 Å². The molecule has 0 saturated heterocycles. The largest absolute Gasteiger partial charge is 0.492 e. The maximum absolute atomic E-state index is 13.1. The smallest absolute Gasteiger partial charge is 0.251 e. The summed E-state index contributed by atoms with van der Waals surface area (Å²) in [7, 11) is 0. The average Bonchev–Trinajstić information content (AvgIpc) is 2.58. The Labute approximate surface area is 132 Å². The summed E-state index contributed by atoms with van der Waals surface area (Å²) in [6.07, 6.45) is 1.74. The molecule has 0 radical (unpaired) electrons. The molecule has 0 aliphatic carbocycles. The Hall–Kier alpha value is -2.95. The van der Waals surface area contributed by atoms with Gasteiger partial charge in [-0.3, -0.25) is 9.78 Å². The third-order valence-electron chi connectivity index (χ3n) is 3.32. The normalized spacial score (nSPS) is 10.5. The first kappa shape index (κ1) is 15.0. The van der Waals surface area contributed by atoms with Gasteiger partial charge in [-0.25, -0.2) is 4.39 Å². The number of hydrogen-bond acceptors (Lipinski definition) is 3. The van der Waals surface area contributed by atoms with E-state index in [2.05, 4.69) is 10.3 Å². The SMILES string of the molecule is O=C(NCCOc1ccc2ncccc2c1)c1cccc(F)c1. The Morgan fingerprint density at radius 2 is 2.04 bits per heavy atom. The van der Waals surface area contributed by atoms with Crippen LogP contribution < -0.4 is 10.1 Å². The molecule has 4 nitrogen and oxygen atoms in total. The van der Waals surface area contributed by atoms with Gasteiger partial charge < -0.3 is 10.1 Å². The van der Waals surface area contributed by atoms with E-state index < -0.39 is 5.82 Å². The van der Waals surface area contributed by atoms with Crippen molar-refractivity contribution in [2.45, 2.75) is 0 Å². The number of rotatable bonds is 5. The minimum atomic E-state index is -0.432. The predicted molar refractivity (Wildman–Crippen MR) is 86.0 cm³/mol. The number of nitrogens with one attached hydrogen (secondary N) is 1. The van der Waals surface area contributed by atoms with Crippen LogP contribution in [0, 0.1) is 5.82 Å². The fourth-order valence-electron chi connectivity index (χ4n) is 2.21. The Kier molecular flexibility index (Phi) is 4.47. The molecular weight excluding hydrogens is 295 g/mol. The van der Waals surface area contributed by atoms with E-state index in [1.165, 1.54) is 18.2 Å². The number of carbonyl (C=O) groups excluding carboxylic acids is 1. The summed E-state index contributed by atoms with van der Waals surface area (Å²) in [4.78, 5) is 16.1. The number of nitrogens with zero attached hydrogens (tertiary/aromatic N) is 1. The van der Waals surface area contributed by atoms with E-state index in [4.69, 9.17) is 4.74 Å². The Bertz CT molecular complexity index is 836. The van der Waals surface area contributed by atoms with Crippen molar-refractivity contribution in [3.05, 3.63) is 72.2 Å². The summed E-state index contributed by atoms with van der Waals surface area (Å²) >= 11 is 0. The van der Waals surface area contributed by atoms with Gasteiger partial charge in [0.1, 0.15) is 18.2 Å². The highest BCUT2D eigenvalue weighted by atomic mass is 19.1. The zero-order chi connectivity index (χ0) is 16.1. The molecule has 0 aliphatic heterocycles. The highest BCUT2D eigenvalue weighted by molar-refractivity contribution is 5.94. The number of carbonyl (C=O) groups is 1. The maximum Gasteiger partial charge on any atom is 0.251 e. The highest BCUT2D eigenvalue weighted by Gasteiger charge is 2.05. The second-order valence-corrected chi connectivity index (χ2v) is 4.97. The van der Waals surface area contributed by atoms with Crippen molar-refractivity contribution in [2.24, 2.45) is 0 Å². The van der Waals surface area contributed by atoms with Gasteiger partial charge in [0.15, 0.2) is 0 Å². The standard InChI is InChI=1S/C18H15FN2O2/c19-15-5-1-3-14(11-15)18(22)21-9-10-23-16-6-7-17-13(12-16)4-2-8-20-17/h1-8,11-12H,9-10H2,(H,21,22). The fraction of sp³-hybridized carbons (Fsp3) is 0.111. The third-order valence-corrected chi connectivity index (χ3v) is 3.32. The fourth-order valence-corrected chi connectivity index (χ4v) is 2.21. The zero-order valence-electron chi connectivity index (χ0n) is 12.3. The number of halogens is 1. The lowest BCUT2D eigenvalue weighted by atomic mass is 10.2. The van der Waals surface area contributed by atoms with Crippen molar-refractivity contribution in [3.8, 4) is 5.75 Å². The molecule has 1 heterocycles. The minimum absolute atomic E-state index is 0.293. The van der Waals surface area contributed by atoms with Gasteiger partial charge in [-0.05, 0) is 42.5 Å². The topological polar surface area (TPSA) is 51.2 Å². The molecule has 0 bridgehead atoms. The molecular formula is C18H15FN2O2. The zero-order valence-corrected chi connectivity index (χ0v) is 12.3. The minimum Gasteiger partial charge on any atom is -0.492 e. The van der Waals surface area contributed by atoms with Crippen molar-refractivity contribution < 1.29 is 13.9 Å². The first-order chi connectivity index (χ1) is 11.2. The summed E-state index contributed by atoms with van der Waals surface area (Å²) in [6, 6.07) is 15.0. The van der Waals surface area contributed by atoms with E-state index in [9.17, 15) is 9.18 Å².